The van der Waals surface area contributed by atoms with Gasteiger partial charge in [-0.15, -0.1) is 0 Å². The van der Waals surface area contributed by atoms with Crippen molar-refractivity contribution < 1.29 is 18.9 Å². The lowest BCUT2D eigenvalue weighted by atomic mass is 10.5. The zero-order valence-electron chi connectivity index (χ0n) is 16.3. The van der Waals surface area contributed by atoms with Gasteiger partial charge in [-0.2, -0.15) is 0 Å². The Morgan fingerprint density at radius 1 is 0.542 bits per heavy atom. The Morgan fingerprint density at radius 2 is 0.833 bits per heavy atom. The van der Waals surface area contributed by atoms with E-state index in [2.05, 4.69) is 27.7 Å². The smallest absolute Gasteiger partial charge is 0.154 e. The standard InChI is InChI=1S/C18H38O4Si2/c1-5-9-19-17(20-10-6-2)15-23-13-14-24-16-18(21-11-7-3)22-12-8-4/h17-18H,5-16H2,1-4H3. The number of rotatable bonds is 19. The molecule has 24 heavy (non-hydrogen) atoms. The van der Waals surface area contributed by atoms with E-state index in [9.17, 15) is 0 Å². The molecular formula is C18H38O4Si2. The monoisotopic (exact) mass is 374 g/mol. The Kier molecular flexibility index (Phi) is 19.8. The number of hydrogen-bond donors (Lipinski definition) is 0. The van der Waals surface area contributed by atoms with Gasteiger partial charge in [0.05, 0.1) is 0 Å². The van der Waals surface area contributed by atoms with Crippen LogP contribution in [0.2, 0.25) is 24.2 Å². The molecule has 0 aromatic rings. The Morgan fingerprint density at radius 3 is 1.08 bits per heavy atom. The van der Waals surface area contributed by atoms with Gasteiger partial charge in [0.25, 0.3) is 0 Å². The molecule has 4 radical (unpaired) electrons. The maximum absolute atomic E-state index is 5.77. The molecule has 0 fully saturated rings. The minimum atomic E-state index is 0.0000835. The average Bonchev–Trinajstić information content (AvgIpc) is 2.61. The van der Waals surface area contributed by atoms with Crippen molar-refractivity contribution in [2.45, 2.75) is 90.1 Å². The molecule has 0 N–H and O–H groups in total. The van der Waals surface area contributed by atoms with Crippen molar-refractivity contribution in [3.63, 3.8) is 0 Å². The van der Waals surface area contributed by atoms with Crippen molar-refractivity contribution in [2.24, 2.45) is 0 Å². The van der Waals surface area contributed by atoms with Gasteiger partial charge in [-0.05, 0) is 37.8 Å². The molecule has 0 saturated carbocycles. The molecule has 6 heteroatoms. The molecule has 0 unspecified atom stereocenters. The van der Waals surface area contributed by atoms with Crippen LogP contribution >= 0.6 is 0 Å². The average molecular weight is 375 g/mol. The lowest BCUT2D eigenvalue weighted by Crippen LogP contribution is -2.21. The highest BCUT2D eigenvalue weighted by molar-refractivity contribution is 6.42. The summed E-state index contributed by atoms with van der Waals surface area (Å²) in [6, 6.07) is 4.58. The second-order valence-electron chi connectivity index (χ2n) is 5.75. The molecule has 0 saturated heterocycles. The van der Waals surface area contributed by atoms with E-state index in [1.165, 1.54) is 12.1 Å². The Bertz CT molecular complexity index is 205. The summed E-state index contributed by atoms with van der Waals surface area (Å²) in [5, 5.41) is 0. The van der Waals surface area contributed by atoms with Crippen LogP contribution in [0.4, 0.5) is 0 Å². The fourth-order valence-corrected chi connectivity index (χ4v) is 4.71. The van der Waals surface area contributed by atoms with Crippen LogP contribution in [0.3, 0.4) is 0 Å². The molecule has 0 aliphatic heterocycles. The van der Waals surface area contributed by atoms with Gasteiger partial charge in [0.1, 0.15) is 0 Å². The Balaban J connectivity index is 3.74. The van der Waals surface area contributed by atoms with Gasteiger partial charge >= 0.3 is 0 Å². The van der Waals surface area contributed by atoms with E-state index in [0.29, 0.717) is 0 Å². The molecule has 0 aliphatic rings. The Labute approximate surface area is 155 Å². The predicted molar refractivity (Wildman–Crippen MR) is 103 cm³/mol. The minimum absolute atomic E-state index is 0.0000835. The molecule has 0 aromatic carbocycles. The van der Waals surface area contributed by atoms with E-state index < -0.39 is 0 Å². The van der Waals surface area contributed by atoms with Gasteiger partial charge in [-0.3, -0.25) is 0 Å². The summed E-state index contributed by atoms with van der Waals surface area (Å²) < 4.78 is 23.1. The SMILES string of the molecule is CCCOC(C[Si]CC[Si]CC(OCCC)OCCC)OCCC. The van der Waals surface area contributed by atoms with Gasteiger partial charge < -0.3 is 18.9 Å². The topological polar surface area (TPSA) is 36.9 Å². The van der Waals surface area contributed by atoms with Gasteiger partial charge in [0.15, 0.2) is 12.6 Å². The molecule has 0 spiro atoms. The van der Waals surface area contributed by atoms with Crippen molar-refractivity contribution in [1.29, 1.82) is 0 Å². The van der Waals surface area contributed by atoms with Crippen molar-refractivity contribution in [3.8, 4) is 0 Å². The van der Waals surface area contributed by atoms with Crippen LogP contribution in [0.25, 0.3) is 0 Å². The first-order chi connectivity index (χ1) is 11.8. The van der Waals surface area contributed by atoms with Crippen LogP contribution in [-0.2, 0) is 18.9 Å². The summed E-state index contributed by atoms with van der Waals surface area (Å²) in [4.78, 5) is 0. The first kappa shape index (κ1) is 24.3. The highest BCUT2D eigenvalue weighted by Crippen LogP contribution is 2.08. The summed E-state index contributed by atoms with van der Waals surface area (Å²) in [6.07, 6.45) is 4.20. The molecule has 0 bridgehead atoms. The lowest BCUT2D eigenvalue weighted by molar-refractivity contribution is -0.130. The Hall–Kier alpha value is 0.274. The van der Waals surface area contributed by atoms with Gasteiger partial charge in [-0.25, -0.2) is 0 Å². The predicted octanol–water partition coefficient (Wildman–Crippen LogP) is 4.43. The van der Waals surface area contributed by atoms with E-state index in [1.54, 1.807) is 0 Å². The largest absolute Gasteiger partial charge is 0.353 e. The molecule has 0 aliphatic carbocycles. The highest BCUT2D eigenvalue weighted by atomic mass is 28.2. The normalized spacial score (nSPS) is 11.8. The maximum atomic E-state index is 5.77. The maximum Gasteiger partial charge on any atom is 0.154 e. The molecule has 0 heterocycles. The fraction of sp³-hybridized carbons (Fsp3) is 1.00. The zero-order valence-corrected chi connectivity index (χ0v) is 18.3. The van der Waals surface area contributed by atoms with Crippen molar-refractivity contribution in [2.75, 3.05) is 26.4 Å². The summed E-state index contributed by atoms with van der Waals surface area (Å²) in [5.74, 6) is 0. The van der Waals surface area contributed by atoms with Gasteiger partial charge in [0, 0.05) is 45.5 Å². The van der Waals surface area contributed by atoms with Crippen molar-refractivity contribution in [3.05, 3.63) is 0 Å². The summed E-state index contributed by atoms with van der Waals surface area (Å²) in [7, 11) is 1.83. The zero-order chi connectivity index (χ0) is 17.9. The van der Waals surface area contributed by atoms with Gasteiger partial charge in [0.2, 0.25) is 0 Å². The third kappa shape index (κ3) is 15.8. The summed E-state index contributed by atoms with van der Waals surface area (Å²) >= 11 is 0. The van der Waals surface area contributed by atoms with Crippen LogP contribution in [0.1, 0.15) is 53.4 Å². The van der Waals surface area contributed by atoms with E-state index >= 15 is 0 Å². The quantitative estimate of drug-likeness (QED) is 0.190. The number of ether oxygens (including phenoxy) is 4. The third-order valence-corrected chi connectivity index (χ3v) is 6.08. The van der Waals surface area contributed by atoms with Crippen LogP contribution in [0.15, 0.2) is 0 Å². The van der Waals surface area contributed by atoms with Gasteiger partial charge in [-0.1, -0.05) is 39.8 Å². The number of hydrogen-bond acceptors (Lipinski definition) is 4. The third-order valence-electron chi connectivity index (χ3n) is 3.13. The second-order valence-corrected chi connectivity index (χ2v) is 8.57. The van der Waals surface area contributed by atoms with E-state index in [4.69, 9.17) is 18.9 Å². The fourth-order valence-electron chi connectivity index (χ4n) is 1.95. The van der Waals surface area contributed by atoms with Crippen LogP contribution in [-0.4, -0.2) is 58.0 Å². The molecule has 0 rings (SSSR count). The van der Waals surface area contributed by atoms with E-state index in [0.717, 1.165) is 83.2 Å². The molecule has 0 amide bonds. The molecule has 0 atom stereocenters. The van der Waals surface area contributed by atoms with Crippen molar-refractivity contribution >= 4 is 19.0 Å². The second kappa shape index (κ2) is 19.6. The van der Waals surface area contributed by atoms with E-state index in [-0.39, 0.29) is 12.6 Å². The first-order valence-corrected chi connectivity index (χ1v) is 12.5. The lowest BCUT2D eigenvalue weighted by Gasteiger charge is -2.18. The van der Waals surface area contributed by atoms with Crippen LogP contribution < -0.4 is 0 Å². The summed E-state index contributed by atoms with van der Waals surface area (Å²) in [6.45, 7) is 11.7. The molecular weight excluding hydrogens is 336 g/mol. The summed E-state index contributed by atoms with van der Waals surface area (Å²) in [5.41, 5.74) is 0. The minimum Gasteiger partial charge on any atom is -0.353 e. The molecule has 0 aromatic heterocycles. The van der Waals surface area contributed by atoms with Crippen molar-refractivity contribution in [1.82, 2.24) is 0 Å². The first-order valence-electron chi connectivity index (χ1n) is 9.66. The van der Waals surface area contributed by atoms with Crippen LogP contribution in [0.5, 0.6) is 0 Å². The molecule has 4 nitrogen and oxygen atoms in total. The molecule has 142 valence electrons. The van der Waals surface area contributed by atoms with Crippen LogP contribution in [0, 0.1) is 0 Å². The highest BCUT2D eigenvalue weighted by Gasteiger charge is 2.11. The van der Waals surface area contributed by atoms with E-state index in [1.807, 2.05) is 0 Å².